The van der Waals surface area contributed by atoms with Crippen LogP contribution in [0.5, 0.6) is 0 Å². The molecule has 7 nitrogen and oxygen atoms in total. The minimum Gasteiger partial charge on any atom is -0.335 e. The van der Waals surface area contributed by atoms with Gasteiger partial charge >= 0.3 is 0 Å². The molecule has 0 spiro atoms. The number of rotatable bonds is 5. The number of carbonyl (C=O) groups is 2. The zero-order chi connectivity index (χ0) is 22.6. The maximum atomic E-state index is 13.5. The van der Waals surface area contributed by atoms with Crippen LogP contribution in [-0.2, 0) is 6.54 Å². The molecule has 4 heterocycles. The van der Waals surface area contributed by atoms with Crippen LogP contribution >= 0.6 is 11.3 Å². The zero-order valence-electron chi connectivity index (χ0n) is 18.0. The highest BCUT2D eigenvalue weighted by Gasteiger charge is 2.28. The van der Waals surface area contributed by atoms with Crippen molar-refractivity contribution in [2.24, 2.45) is 0 Å². The minimum atomic E-state index is -0.0728. The summed E-state index contributed by atoms with van der Waals surface area (Å²) in [6.45, 7) is 2.59. The molecule has 1 aliphatic heterocycles. The first kappa shape index (κ1) is 21.1. The third kappa shape index (κ3) is 4.56. The maximum Gasteiger partial charge on any atom is 0.264 e. The highest BCUT2D eigenvalue weighted by atomic mass is 32.1. The molecule has 5 rings (SSSR count). The average molecular weight is 458 g/mol. The Morgan fingerprint density at radius 3 is 2.30 bits per heavy atom. The van der Waals surface area contributed by atoms with E-state index in [0.717, 1.165) is 16.0 Å². The second kappa shape index (κ2) is 9.38. The average Bonchev–Trinajstić information content (AvgIpc) is 3.55. The third-order valence-corrected chi connectivity index (χ3v) is 6.56. The van der Waals surface area contributed by atoms with Crippen LogP contribution in [0.25, 0.3) is 11.3 Å². The SMILES string of the molecule is O=C(c1cccs1)N1CCN(C(=O)c2cn(Cc3ccccc3)nc2-c2cccnc2)CC1. The van der Waals surface area contributed by atoms with Gasteiger partial charge in [0.05, 0.1) is 17.0 Å². The largest absolute Gasteiger partial charge is 0.335 e. The molecule has 0 aliphatic carbocycles. The molecule has 0 bridgehead atoms. The summed E-state index contributed by atoms with van der Waals surface area (Å²) in [5.41, 5.74) is 3.09. The fourth-order valence-corrected chi connectivity index (χ4v) is 4.68. The van der Waals surface area contributed by atoms with Crippen LogP contribution in [0, 0.1) is 0 Å². The lowest BCUT2D eigenvalue weighted by molar-refractivity contribution is 0.0538. The molecule has 8 heteroatoms. The predicted octanol–water partition coefficient (Wildman–Crippen LogP) is 3.65. The van der Waals surface area contributed by atoms with Crippen LogP contribution in [0.3, 0.4) is 0 Å². The Balaban J connectivity index is 1.36. The van der Waals surface area contributed by atoms with Gasteiger partial charge < -0.3 is 9.80 Å². The van der Waals surface area contributed by atoms with E-state index < -0.39 is 0 Å². The van der Waals surface area contributed by atoms with Crippen LogP contribution < -0.4 is 0 Å². The summed E-state index contributed by atoms with van der Waals surface area (Å²) in [5.74, 6) is -0.0415. The number of pyridine rings is 1. The highest BCUT2D eigenvalue weighted by molar-refractivity contribution is 7.12. The molecule has 1 saturated heterocycles. The van der Waals surface area contributed by atoms with E-state index in [-0.39, 0.29) is 11.8 Å². The molecule has 166 valence electrons. The van der Waals surface area contributed by atoms with Crippen molar-refractivity contribution in [1.29, 1.82) is 0 Å². The molecule has 0 saturated carbocycles. The topological polar surface area (TPSA) is 71.3 Å². The van der Waals surface area contributed by atoms with Crippen LogP contribution in [0.2, 0.25) is 0 Å². The van der Waals surface area contributed by atoms with Crippen molar-refractivity contribution in [2.75, 3.05) is 26.2 Å². The molecule has 3 aromatic heterocycles. The number of piperazine rings is 1. The van der Waals surface area contributed by atoms with Gasteiger partial charge in [-0.3, -0.25) is 19.3 Å². The molecular formula is C25H23N5O2S. The fraction of sp³-hybridized carbons (Fsp3) is 0.200. The Bertz CT molecular complexity index is 1230. The van der Waals surface area contributed by atoms with E-state index >= 15 is 0 Å². The van der Waals surface area contributed by atoms with Crippen LogP contribution in [0.15, 0.2) is 78.6 Å². The Hall–Kier alpha value is -3.78. The Morgan fingerprint density at radius 1 is 0.879 bits per heavy atom. The summed E-state index contributed by atoms with van der Waals surface area (Å²) in [4.78, 5) is 34.7. The Labute approximate surface area is 195 Å². The second-order valence-corrected chi connectivity index (χ2v) is 8.83. The number of carbonyl (C=O) groups excluding carboxylic acids is 2. The molecule has 0 atom stereocenters. The predicted molar refractivity (Wildman–Crippen MR) is 127 cm³/mol. The molecule has 2 amide bonds. The number of hydrogen-bond acceptors (Lipinski definition) is 5. The van der Waals surface area contributed by atoms with E-state index in [9.17, 15) is 9.59 Å². The summed E-state index contributed by atoms with van der Waals surface area (Å²) < 4.78 is 1.81. The van der Waals surface area contributed by atoms with Crippen molar-refractivity contribution in [1.82, 2.24) is 24.6 Å². The van der Waals surface area contributed by atoms with E-state index in [2.05, 4.69) is 4.98 Å². The van der Waals surface area contributed by atoms with Gasteiger partial charge in [0.1, 0.15) is 5.69 Å². The number of thiophene rings is 1. The first-order chi connectivity index (χ1) is 16.2. The van der Waals surface area contributed by atoms with Gasteiger partial charge in [0.2, 0.25) is 0 Å². The van der Waals surface area contributed by atoms with Gasteiger partial charge in [0.15, 0.2) is 0 Å². The van der Waals surface area contributed by atoms with Crippen LogP contribution in [0.1, 0.15) is 25.6 Å². The molecule has 0 unspecified atom stereocenters. The van der Waals surface area contributed by atoms with Gasteiger partial charge in [0.25, 0.3) is 11.8 Å². The zero-order valence-corrected chi connectivity index (χ0v) is 18.8. The van der Waals surface area contributed by atoms with Crippen molar-refractivity contribution in [3.8, 4) is 11.3 Å². The number of amides is 2. The van der Waals surface area contributed by atoms with E-state index in [0.29, 0.717) is 44.0 Å². The maximum absolute atomic E-state index is 13.5. The van der Waals surface area contributed by atoms with Crippen LogP contribution in [0.4, 0.5) is 0 Å². The molecular weight excluding hydrogens is 434 g/mol. The molecule has 1 aliphatic rings. The molecule has 0 N–H and O–H groups in total. The second-order valence-electron chi connectivity index (χ2n) is 7.88. The van der Waals surface area contributed by atoms with Gasteiger partial charge in [-0.2, -0.15) is 5.10 Å². The highest BCUT2D eigenvalue weighted by Crippen LogP contribution is 2.24. The monoisotopic (exact) mass is 457 g/mol. The first-order valence-electron chi connectivity index (χ1n) is 10.8. The summed E-state index contributed by atoms with van der Waals surface area (Å²) in [7, 11) is 0. The van der Waals surface area contributed by atoms with E-state index in [1.54, 1.807) is 12.4 Å². The first-order valence-corrected chi connectivity index (χ1v) is 11.7. The summed E-state index contributed by atoms with van der Waals surface area (Å²) in [6, 6.07) is 17.5. The summed E-state index contributed by atoms with van der Waals surface area (Å²) in [5, 5.41) is 6.64. The lowest BCUT2D eigenvalue weighted by atomic mass is 10.1. The lowest BCUT2D eigenvalue weighted by Crippen LogP contribution is -2.50. The van der Waals surface area contributed by atoms with E-state index in [4.69, 9.17) is 5.10 Å². The molecule has 1 aromatic carbocycles. The molecule has 33 heavy (non-hydrogen) atoms. The number of benzene rings is 1. The van der Waals surface area contributed by atoms with Crippen molar-refractivity contribution in [3.63, 3.8) is 0 Å². The van der Waals surface area contributed by atoms with Crippen molar-refractivity contribution >= 4 is 23.2 Å². The van der Waals surface area contributed by atoms with Gasteiger partial charge in [-0.1, -0.05) is 36.4 Å². The quantitative estimate of drug-likeness (QED) is 0.459. The Kier molecular flexibility index (Phi) is 5.99. The van der Waals surface area contributed by atoms with Gasteiger partial charge in [-0.05, 0) is 29.1 Å². The normalized spacial score (nSPS) is 13.8. The van der Waals surface area contributed by atoms with Crippen molar-refractivity contribution in [3.05, 3.63) is 94.6 Å². The van der Waals surface area contributed by atoms with Crippen molar-refractivity contribution < 1.29 is 9.59 Å². The summed E-state index contributed by atoms with van der Waals surface area (Å²) >= 11 is 1.44. The summed E-state index contributed by atoms with van der Waals surface area (Å²) in [6.07, 6.45) is 5.25. The molecule has 1 fully saturated rings. The number of aromatic nitrogens is 3. The van der Waals surface area contributed by atoms with Crippen LogP contribution in [-0.4, -0.2) is 62.6 Å². The van der Waals surface area contributed by atoms with Gasteiger partial charge in [-0.25, -0.2) is 0 Å². The fourth-order valence-electron chi connectivity index (χ4n) is 3.98. The smallest absolute Gasteiger partial charge is 0.264 e. The minimum absolute atomic E-state index is 0.0313. The number of nitrogens with zero attached hydrogens (tertiary/aromatic N) is 5. The van der Waals surface area contributed by atoms with Gasteiger partial charge in [0, 0.05) is 50.3 Å². The van der Waals surface area contributed by atoms with Gasteiger partial charge in [-0.15, -0.1) is 11.3 Å². The van der Waals surface area contributed by atoms with E-state index in [1.165, 1.54) is 11.3 Å². The Morgan fingerprint density at radius 2 is 1.64 bits per heavy atom. The standard InChI is InChI=1S/C25H23N5O2S/c31-24(28-11-13-29(14-12-28)25(32)22-9-5-15-33-22)21-18-30(17-19-6-2-1-3-7-19)27-23(21)20-8-4-10-26-16-20/h1-10,15-16,18H,11-14,17H2. The third-order valence-electron chi connectivity index (χ3n) is 5.70. The van der Waals surface area contributed by atoms with Crippen molar-refractivity contribution in [2.45, 2.75) is 6.54 Å². The number of hydrogen-bond donors (Lipinski definition) is 0. The molecule has 0 radical (unpaired) electrons. The van der Waals surface area contributed by atoms with E-state index in [1.807, 2.05) is 80.7 Å². The molecule has 4 aromatic rings. The lowest BCUT2D eigenvalue weighted by Gasteiger charge is -2.34.